The van der Waals surface area contributed by atoms with Crippen LogP contribution in [0.3, 0.4) is 0 Å². The quantitative estimate of drug-likeness (QED) is 0.866. The van der Waals surface area contributed by atoms with Crippen molar-refractivity contribution >= 4 is 5.91 Å². The number of rotatable bonds is 6. The first-order chi connectivity index (χ1) is 9.81. The molecule has 1 saturated heterocycles. The molecule has 0 aromatic heterocycles. The molecule has 1 aliphatic rings. The van der Waals surface area contributed by atoms with E-state index in [1.165, 1.54) is 6.42 Å². The number of benzene rings is 1. The number of likely N-dealkylation sites (tertiary alicyclic amines) is 1. The average Bonchev–Trinajstić information content (AvgIpc) is 2.52. The predicted molar refractivity (Wildman–Crippen MR) is 79.7 cm³/mol. The summed E-state index contributed by atoms with van der Waals surface area (Å²) in [6.07, 6.45) is 3.46. The second kappa shape index (κ2) is 7.90. The molecule has 110 valence electrons. The highest BCUT2D eigenvalue weighted by Gasteiger charge is 2.17. The molecule has 1 aliphatic heterocycles. The molecule has 4 nitrogen and oxygen atoms in total. The fraction of sp³-hybridized carbons (Fsp3) is 0.562. The normalized spacial score (nSPS) is 15.2. The second-order valence-corrected chi connectivity index (χ2v) is 5.12. The van der Waals surface area contributed by atoms with Crippen LogP contribution >= 0.6 is 0 Å². The Morgan fingerprint density at radius 1 is 1.25 bits per heavy atom. The summed E-state index contributed by atoms with van der Waals surface area (Å²) >= 11 is 0. The summed E-state index contributed by atoms with van der Waals surface area (Å²) in [4.78, 5) is 14.0. The van der Waals surface area contributed by atoms with Gasteiger partial charge in [-0.1, -0.05) is 25.1 Å². The number of carbonyl (C=O) groups is 1. The Labute approximate surface area is 121 Å². The minimum absolute atomic E-state index is 0.1000. The number of amides is 1. The summed E-state index contributed by atoms with van der Waals surface area (Å²) in [7, 11) is 0. The summed E-state index contributed by atoms with van der Waals surface area (Å²) in [5.74, 6) is 0.904. The molecule has 1 fully saturated rings. The zero-order valence-corrected chi connectivity index (χ0v) is 12.2. The van der Waals surface area contributed by atoms with Gasteiger partial charge in [0.25, 0.3) is 5.91 Å². The number of carbonyl (C=O) groups excluding carboxylic acids is 1. The maximum atomic E-state index is 12.1. The van der Waals surface area contributed by atoms with E-state index < -0.39 is 0 Å². The SMILES string of the molecule is CCNCc1ccccc1OCC(=O)N1CCCCC1. The van der Waals surface area contributed by atoms with Gasteiger partial charge < -0.3 is 15.0 Å². The van der Waals surface area contributed by atoms with Crippen LogP contribution in [0.5, 0.6) is 5.75 Å². The number of hydrogen-bond acceptors (Lipinski definition) is 3. The van der Waals surface area contributed by atoms with Crippen LogP contribution in [-0.4, -0.2) is 37.0 Å². The Balaban J connectivity index is 1.87. The molecule has 0 aliphatic carbocycles. The Bertz CT molecular complexity index is 428. The highest BCUT2D eigenvalue weighted by Crippen LogP contribution is 2.18. The van der Waals surface area contributed by atoms with Crippen molar-refractivity contribution in [3.63, 3.8) is 0 Å². The molecule has 1 N–H and O–H groups in total. The maximum Gasteiger partial charge on any atom is 0.260 e. The average molecular weight is 276 g/mol. The molecular formula is C16H24N2O2. The second-order valence-electron chi connectivity index (χ2n) is 5.12. The Morgan fingerprint density at radius 2 is 2.00 bits per heavy atom. The van der Waals surface area contributed by atoms with Gasteiger partial charge in [0.05, 0.1) is 0 Å². The fourth-order valence-corrected chi connectivity index (χ4v) is 2.42. The van der Waals surface area contributed by atoms with E-state index in [0.717, 1.165) is 50.3 Å². The molecule has 2 rings (SSSR count). The van der Waals surface area contributed by atoms with Gasteiger partial charge in [-0.2, -0.15) is 0 Å². The van der Waals surface area contributed by atoms with Crippen LogP contribution in [0.2, 0.25) is 0 Å². The molecule has 0 atom stereocenters. The van der Waals surface area contributed by atoms with Crippen molar-refractivity contribution < 1.29 is 9.53 Å². The van der Waals surface area contributed by atoms with E-state index >= 15 is 0 Å². The molecule has 0 spiro atoms. The van der Waals surface area contributed by atoms with E-state index in [1.807, 2.05) is 29.2 Å². The van der Waals surface area contributed by atoms with Crippen LogP contribution in [0.4, 0.5) is 0 Å². The van der Waals surface area contributed by atoms with Crippen molar-refractivity contribution in [1.82, 2.24) is 10.2 Å². The third-order valence-corrected chi connectivity index (χ3v) is 3.60. The number of nitrogens with zero attached hydrogens (tertiary/aromatic N) is 1. The van der Waals surface area contributed by atoms with Gasteiger partial charge in [-0.15, -0.1) is 0 Å². The molecule has 4 heteroatoms. The summed E-state index contributed by atoms with van der Waals surface area (Å²) in [6, 6.07) is 7.89. The van der Waals surface area contributed by atoms with Gasteiger partial charge in [0.15, 0.2) is 6.61 Å². The van der Waals surface area contributed by atoms with Gasteiger partial charge >= 0.3 is 0 Å². The van der Waals surface area contributed by atoms with E-state index in [2.05, 4.69) is 12.2 Å². The summed E-state index contributed by atoms with van der Waals surface area (Å²) in [6.45, 7) is 5.65. The van der Waals surface area contributed by atoms with Crippen molar-refractivity contribution in [2.45, 2.75) is 32.7 Å². The van der Waals surface area contributed by atoms with E-state index in [0.29, 0.717) is 0 Å². The number of nitrogens with one attached hydrogen (secondary N) is 1. The van der Waals surface area contributed by atoms with Gasteiger partial charge in [-0.05, 0) is 31.9 Å². The number of piperidine rings is 1. The lowest BCUT2D eigenvalue weighted by molar-refractivity contribution is -0.134. The molecule has 20 heavy (non-hydrogen) atoms. The van der Waals surface area contributed by atoms with Crippen molar-refractivity contribution in [3.05, 3.63) is 29.8 Å². The number of hydrogen-bond donors (Lipinski definition) is 1. The Kier molecular flexibility index (Phi) is 5.87. The Hall–Kier alpha value is -1.55. The minimum Gasteiger partial charge on any atom is -0.483 e. The van der Waals surface area contributed by atoms with Crippen molar-refractivity contribution in [2.75, 3.05) is 26.2 Å². The zero-order chi connectivity index (χ0) is 14.2. The van der Waals surface area contributed by atoms with Crippen molar-refractivity contribution in [3.8, 4) is 5.75 Å². The third-order valence-electron chi connectivity index (χ3n) is 3.60. The summed E-state index contributed by atoms with van der Waals surface area (Å²) < 4.78 is 5.72. The van der Waals surface area contributed by atoms with Crippen LogP contribution < -0.4 is 10.1 Å². The van der Waals surface area contributed by atoms with E-state index in [1.54, 1.807) is 0 Å². The smallest absolute Gasteiger partial charge is 0.260 e. The summed E-state index contributed by atoms with van der Waals surface area (Å²) in [5, 5.41) is 3.28. The Morgan fingerprint density at radius 3 is 2.75 bits per heavy atom. The van der Waals surface area contributed by atoms with Gasteiger partial charge in [-0.3, -0.25) is 4.79 Å². The fourth-order valence-electron chi connectivity index (χ4n) is 2.42. The molecular weight excluding hydrogens is 252 g/mol. The first kappa shape index (κ1) is 14.9. The molecule has 0 bridgehead atoms. The molecule has 0 saturated carbocycles. The van der Waals surface area contributed by atoms with Gasteiger partial charge in [0.1, 0.15) is 5.75 Å². The largest absolute Gasteiger partial charge is 0.483 e. The molecule has 1 amide bonds. The summed E-state index contributed by atoms with van der Waals surface area (Å²) in [5.41, 5.74) is 1.10. The van der Waals surface area contributed by atoms with Crippen LogP contribution in [0.15, 0.2) is 24.3 Å². The van der Waals surface area contributed by atoms with Crippen LogP contribution in [0.25, 0.3) is 0 Å². The standard InChI is InChI=1S/C16H24N2O2/c1-2-17-12-14-8-4-5-9-15(14)20-13-16(19)18-10-6-3-7-11-18/h4-5,8-9,17H,2-3,6-7,10-13H2,1H3. The first-order valence-electron chi connectivity index (χ1n) is 7.50. The molecule has 1 heterocycles. The molecule has 1 aromatic rings. The monoisotopic (exact) mass is 276 g/mol. The minimum atomic E-state index is 0.1000. The lowest BCUT2D eigenvalue weighted by atomic mass is 10.1. The third kappa shape index (κ3) is 4.23. The van der Waals surface area contributed by atoms with Crippen LogP contribution in [0.1, 0.15) is 31.7 Å². The highest BCUT2D eigenvalue weighted by molar-refractivity contribution is 5.77. The zero-order valence-electron chi connectivity index (χ0n) is 12.2. The van der Waals surface area contributed by atoms with Gasteiger partial charge in [0.2, 0.25) is 0 Å². The van der Waals surface area contributed by atoms with E-state index in [4.69, 9.17) is 4.74 Å². The van der Waals surface area contributed by atoms with Gasteiger partial charge in [-0.25, -0.2) is 0 Å². The first-order valence-corrected chi connectivity index (χ1v) is 7.50. The highest BCUT2D eigenvalue weighted by atomic mass is 16.5. The topological polar surface area (TPSA) is 41.6 Å². The van der Waals surface area contributed by atoms with Crippen molar-refractivity contribution in [2.24, 2.45) is 0 Å². The molecule has 1 aromatic carbocycles. The van der Waals surface area contributed by atoms with E-state index in [9.17, 15) is 4.79 Å². The van der Waals surface area contributed by atoms with Crippen LogP contribution in [0, 0.1) is 0 Å². The maximum absolute atomic E-state index is 12.1. The lowest BCUT2D eigenvalue weighted by Crippen LogP contribution is -2.38. The molecule has 0 unspecified atom stereocenters. The van der Waals surface area contributed by atoms with E-state index in [-0.39, 0.29) is 12.5 Å². The lowest BCUT2D eigenvalue weighted by Gasteiger charge is -2.26. The molecule has 0 radical (unpaired) electrons. The number of para-hydroxylation sites is 1. The van der Waals surface area contributed by atoms with Gasteiger partial charge in [0, 0.05) is 25.2 Å². The van der Waals surface area contributed by atoms with Crippen LogP contribution in [-0.2, 0) is 11.3 Å². The predicted octanol–water partition coefficient (Wildman–Crippen LogP) is 2.19. The van der Waals surface area contributed by atoms with Crippen molar-refractivity contribution in [1.29, 1.82) is 0 Å². The number of ether oxygens (including phenoxy) is 1.